The van der Waals surface area contributed by atoms with Crippen molar-refractivity contribution in [2.45, 2.75) is 13.0 Å². The van der Waals surface area contributed by atoms with E-state index in [0.717, 1.165) is 0 Å². The van der Waals surface area contributed by atoms with Crippen LogP contribution in [0.15, 0.2) is 42.5 Å². The number of nitrogens with one attached hydrogen (secondary N) is 1. The van der Waals surface area contributed by atoms with Gasteiger partial charge in [0.2, 0.25) is 0 Å². The van der Waals surface area contributed by atoms with E-state index in [2.05, 4.69) is 5.32 Å². The van der Waals surface area contributed by atoms with E-state index in [1.54, 1.807) is 18.2 Å². The summed E-state index contributed by atoms with van der Waals surface area (Å²) >= 11 is 0. The predicted octanol–water partition coefficient (Wildman–Crippen LogP) is 3.03. The van der Waals surface area contributed by atoms with Crippen molar-refractivity contribution >= 4 is 17.6 Å². The van der Waals surface area contributed by atoms with Crippen LogP contribution in [0.4, 0.5) is 10.1 Å². The summed E-state index contributed by atoms with van der Waals surface area (Å²) in [6, 6.07) is 10.4. The molecule has 0 bridgehead atoms. The standard InChI is InChI=1S/C18H18FNO5/c1-11(17(21)20-14-9-5-4-8-13(14)19)25-18(22)12-7-6-10-15(23-2)16(12)24-3/h4-11H,1-3H3,(H,20,21)/t11-/m0/s1. The minimum Gasteiger partial charge on any atom is -0.493 e. The van der Waals surface area contributed by atoms with E-state index in [4.69, 9.17) is 14.2 Å². The number of esters is 1. The number of methoxy groups -OCH3 is 2. The third-order valence-corrected chi connectivity index (χ3v) is 3.41. The molecule has 0 saturated carbocycles. The van der Waals surface area contributed by atoms with Crippen molar-refractivity contribution in [1.82, 2.24) is 0 Å². The first-order valence-electron chi connectivity index (χ1n) is 7.45. The average Bonchev–Trinajstić information content (AvgIpc) is 2.62. The molecule has 25 heavy (non-hydrogen) atoms. The highest BCUT2D eigenvalue weighted by molar-refractivity contribution is 5.98. The summed E-state index contributed by atoms with van der Waals surface area (Å²) in [5.41, 5.74) is 0.127. The van der Waals surface area contributed by atoms with Crippen LogP contribution >= 0.6 is 0 Å². The second-order valence-electron chi connectivity index (χ2n) is 5.06. The Kier molecular flexibility index (Phi) is 5.94. The Bertz CT molecular complexity index is 778. The second-order valence-corrected chi connectivity index (χ2v) is 5.06. The SMILES string of the molecule is COc1cccc(C(=O)O[C@@H](C)C(=O)Nc2ccccc2F)c1OC. The third-order valence-electron chi connectivity index (χ3n) is 3.41. The van der Waals surface area contributed by atoms with E-state index in [1.165, 1.54) is 45.4 Å². The van der Waals surface area contributed by atoms with Gasteiger partial charge < -0.3 is 19.5 Å². The molecule has 0 aliphatic carbocycles. The van der Waals surface area contributed by atoms with Crippen LogP contribution in [0.3, 0.4) is 0 Å². The average molecular weight is 347 g/mol. The van der Waals surface area contributed by atoms with Crippen LogP contribution in [0.25, 0.3) is 0 Å². The van der Waals surface area contributed by atoms with Gasteiger partial charge >= 0.3 is 5.97 Å². The fraction of sp³-hybridized carbons (Fsp3) is 0.222. The zero-order valence-corrected chi connectivity index (χ0v) is 14.0. The highest BCUT2D eigenvalue weighted by Gasteiger charge is 2.23. The molecule has 0 spiro atoms. The first-order valence-corrected chi connectivity index (χ1v) is 7.45. The maximum Gasteiger partial charge on any atom is 0.342 e. The van der Waals surface area contributed by atoms with Gasteiger partial charge in [-0.3, -0.25) is 4.79 Å². The Morgan fingerprint density at radius 3 is 2.40 bits per heavy atom. The molecular weight excluding hydrogens is 329 g/mol. The Hall–Kier alpha value is -3.09. The van der Waals surface area contributed by atoms with Crippen LogP contribution in [0, 0.1) is 5.82 Å². The molecule has 0 saturated heterocycles. The molecule has 1 atom stereocenters. The molecule has 1 amide bonds. The maximum atomic E-state index is 13.6. The minimum absolute atomic E-state index is 0.00867. The fourth-order valence-corrected chi connectivity index (χ4v) is 2.12. The van der Waals surface area contributed by atoms with Gasteiger partial charge in [-0.05, 0) is 31.2 Å². The summed E-state index contributed by atoms with van der Waals surface area (Å²) in [7, 11) is 2.83. The summed E-state index contributed by atoms with van der Waals surface area (Å²) in [6.07, 6.45) is -1.14. The Balaban J connectivity index is 2.10. The van der Waals surface area contributed by atoms with E-state index in [1.807, 2.05) is 0 Å². The third kappa shape index (κ3) is 4.26. The number of benzene rings is 2. The Morgan fingerprint density at radius 1 is 1.04 bits per heavy atom. The lowest BCUT2D eigenvalue weighted by molar-refractivity contribution is -0.123. The zero-order chi connectivity index (χ0) is 18.4. The molecule has 1 N–H and O–H groups in total. The molecule has 6 nitrogen and oxygen atoms in total. The molecule has 0 aliphatic heterocycles. The van der Waals surface area contributed by atoms with Gasteiger partial charge in [-0.25, -0.2) is 9.18 Å². The molecule has 0 fully saturated rings. The van der Waals surface area contributed by atoms with Crippen molar-refractivity contribution in [2.75, 3.05) is 19.5 Å². The van der Waals surface area contributed by atoms with Crippen molar-refractivity contribution in [3.05, 3.63) is 53.8 Å². The number of para-hydroxylation sites is 2. The van der Waals surface area contributed by atoms with Crippen LogP contribution in [-0.2, 0) is 9.53 Å². The largest absolute Gasteiger partial charge is 0.493 e. The van der Waals surface area contributed by atoms with Gasteiger partial charge in [0.1, 0.15) is 11.4 Å². The number of hydrogen-bond acceptors (Lipinski definition) is 5. The van der Waals surface area contributed by atoms with Crippen molar-refractivity contribution in [3.8, 4) is 11.5 Å². The number of ether oxygens (including phenoxy) is 3. The lowest BCUT2D eigenvalue weighted by Gasteiger charge is -2.16. The molecule has 0 radical (unpaired) electrons. The number of rotatable bonds is 6. The van der Waals surface area contributed by atoms with E-state index >= 15 is 0 Å². The highest BCUT2D eigenvalue weighted by Crippen LogP contribution is 2.31. The summed E-state index contributed by atoms with van der Waals surface area (Å²) in [5, 5.41) is 2.37. The first-order chi connectivity index (χ1) is 12.0. The summed E-state index contributed by atoms with van der Waals surface area (Å²) in [6.45, 7) is 1.39. The quantitative estimate of drug-likeness (QED) is 0.813. The van der Waals surface area contributed by atoms with E-state index in [9.17, 15) is 14.0 Å². The minimum atomic E-state index is -1.14. The number of halogens is 1. The molecule has 0 aliphatic rings. The Morgan fingerprint density at radius 2 is 1.76 bits per heavy atom. The molecule has 2 rings (SSSR count). The van der Waals surface area contributed by atoms with Crippen molar-refractivity contribution in [2.24, 2.45) is 0 Å². The van der Waals surface area contributed by atoms with Gasteiger partial charge in [0, 0.05) is 0 Å². The van der Waals surface area contributed by atoms with Gasteiger partial charge in [0.25, 0.3) is 5.91 Å². The fourth-order valence-electron chi connectivity index (χ4n) is 2.12. The molecule has 0 unspecified atom stereocenters. The molecule has 7 heteroatoms. The molecule has 2 aromatic carbocycles. The molecular formula is C18H18FNO5. The lowest BCUT2D eigenvalue weighted by Crippen LogP contribution is -2.30. The van der Waals surface area contributed by atoms with Gasteiger partial charge in [0.05, 0.1) is 19.9 Å². The van der Waals surface area contributed by atoms with Crippen LogP contribution in [-0.4, -0.2) is 32.2 Å². The zero-order valence-electron chi connectivity index (χ0n) is 14.0. The number of amides is 1. The summed E-state index contributed by atoms with van der Waals surface area (Å²) < 4.78 is 29.0. The lowest BCUT2D eigenvalue weighted by atomic mass is 10.2. The van der Waals surface area contributed by atoms with Crippen molar-refractivity contribution in [3.63, 3.8) is 0 Å². The van der Waals surface area contributed by atoms with Gasteiger partial charge in [-0.15, -0.1) is 0 Å². The van der Waals surface area contributed by atoms with Crippen LogP contribution in [0.1, 0.15) is 17.3 Å². The van der Waals surface area contributed by atoms with Crippen LogP contribution in [0.5, 0.6) is 11.5 Å². The first kappa shape index (κ1) is 18.3. The van der Waals surface area contributed by atoms with Gasteiger partial charge in [-0.1, -0.05) is 18.2 Å². The number of carbonyl (C=O) groups is 2. The van der Waals surface area contributed by atoms with E-state index < -0.39 is 23.8 Å². The molecule has 0 heterocycles. The second kappa shape index (κ2) is 8.14. The van der Waals surface area contributed by atoms with E-state index in [0.29, 0.717) is 5.75 Å². The van der Waals surface area contributed by atoms with E-state index in [-0.39, 0.29) is 17.0 Å². The van der Waals surface area contributed by atoms with Gasteiger partial charge in [-0.2, -0.15) is 0 Å². The molecule has 0 aromatic heterocycles. The number of hydrogen-bond donors (Lipinski definition) is 1. The van der Waals surface area contributed by atoms with Crippen LogP contribution in [0.2, 0.25) is 0 Å². The molecule has 132 valence electrons. The smallest absolute Gasteiger partial charge is 0.342 e. The monoisotopic (exact) mass is 347 g/mol. The summed E-state index contributed by atoms with van der Waals surface area (Å²) in [4.78, 5) is 24.4. The predicted molar refractivity (Wildman–Crippen MR) is 89.5 cm³/mol. The maximum absolute atomic E-state index is 13.6. The number of anilines is 1. The number of carbonyl (C=O) groups excluding carboxylic acids is 2. The summed E-state index contributed by atoms with van der Waals surface area (Å²) in [5.74, 6) is -1.42. The normalized spacial score (nSPS) is 11.4. The highest BCUT2D eigenvalue weighted by atomic mass is 19.1. The van der Waals surface area contributed by atoms with Crippen LogP contribution < -0.4 is 14.8 Å². The van der Waals surface area contributed by atoms with Crippen molar-refractivity contribution < 1.29 is 28.2 Å². The van der Waals surface area contributed by atoms with Crippen molar-refractivity contribution in [1.29, 1.82) is 0 Å². The Labute approximate surface area is 144 Å². The molecule has 2 aromatic rings. The van der Waals surface area contributed by atoms with Gasteiger partial charge in [0.15, 0.2) is 17.6 Å². The topological polar surface area (TPSA) is 73.9 Å².